The molecule has 2 N–H and O–H groups in total. The standard InChI is InChI=1S/C33H40ClN9O3/c1-32(2,3)22-14-38-30(42-27(22)28-23(34)10-11-35-28)41-21-8-6-19(7-9-21)26(29(44)43-17-33(4,45)18-43)25-16-36-24(15-37-25)20-12-39-31(46-5)40-13-20/h10,12-16,19,21,26,45H,6-9,11,17-18H2,1-5H3,(H,38,41,42). The summed E-state index contributed by atoms with van der Waals surface area (Å²) in [5.41, 5.74) is 3.35. The minimum atomic E-state index is -0.864. The van der Waals surface area contributed by atoms with Gasteiger partial charge in [0.05, 0.1) is 66.6 Å². The van der Waals surface area contributed by atoms with Gasteiger partial charge in [0.25, 0.3) is 0 Å². The summed E-state index contributed by atoms with van der Waals surface area (Å²) in [7, 11) is 1.51. The second kappa shape index (κ2) is 12.6. The summed E-state index contributed by atoms with van der Waals surface area (Å²) >= 11 is 6.49. The number of β-amino-alcohol motifs (C(OH)–C–C–N with tert-alkyl or cyclic N) is 1. The molecule has 2 fully saturated rings. The van der Waals surface area contributed by atoms with Crippen molar-refractivity contribution in [2.45, 2.75) is 76.4 Å². The van der Waals surface area contributed by atoms with E-state index in [2.05, 4.69) is 51.0 Å². The maximum absolute atomic E-state index is 13.9. The van der Waals surface area contributed by atoms with E-state index < -0.39 is 11.5 Å². The monoisotopic (exact) mass is 645 g/mol. The number of likely N-dealkylation sites (tertiary alicyclic amines) is 1. The maximum atomic E-state index is 13.9. The second-order valence-corrected chi connectivity index (χ2v) is 14.1. The Labute approximate surface area is 273 Å². The van der Waals surface area contributed by atoms with Crippen LogP contribution in [-0.2, 0) is 10.2 Å². The fourth-order valence-electron chi connectivity index (χ4n) is 6.44. The van der Waals surface area contributed by atoms with Gasteiger partial charge in [-0.3, -0.25) is 19.8 Å². The van der Waals surface area contributed by atoms with Crippen LogP contribution in [0, 0.1) is 5.92 Å². The third-order valence-electron chi connectivity index (χ3n) is 8.88. The number of aliphatic imine (C=N–C) groups is 1. The Morgan fingerprint density at radius 3 is 2.33 bits per heavy atom. The molecule has 46 heavy (non-hydrogen) atoms. The van der Waals surface area contributed by atoms with Gasteiger partial charge in [0.2, 0.25) is 11.9 Å². The number of nitrogens with one attached hydrogen (secondary N) is 1. The molecular weight excluding hydrogens is 606 g/mol. The summed E-state index contributed by atoms with van der Waals surface area (Å²) in [6.07, 6.45) is 13.7. The van der Waals surface area contributed by atoms with Gasteiger partial charge in [-0.25, -0.2) is 19.9 Å². The highest BCUT2D eigenvalue weighted by Crippen LogP contribution is 2.39. The van der Waals surface area contributed by atoms with Crippen molar-refractivity contribution >= 4 is 29.2 Å². The zero-order valence-electron chi connectivity index (χ0n) is 26.9. The Balaban J connectivity index is 1.18. The first kappa shape index (κ1) is 31.9. The van der Waals surface area contributed by atoms with Gasteiger partial charge in [-0.1, -0.05) is 32.4 Å². The molecule has 1 unspecified atom stereocenters. The molecule has 0 spiro atoms. The number of halogens is 1. The van der Waals surface area contributed by atoms with E-state index in [-0.39, 0.29) is 29.3 Å². The SMILES string of the molecule is COc1ncc(-c2cnc(C(C(=O)N3CC(C)(O)C3)C3CCC(Nc4ncc(C(C)(C)C)c(C5=NCC=C5Cl)n4)CC3)cn2)cn1. The molecule has 1 saturated heterocycles. The number of carbonyl (C=O) groups excluding carboxylic acids is 1. The van der Waals surface area contributed by atoms with Gasteiger partial charge in [-0.05, 0) is 50.0 Å². The number of aromatic nitrogens is 6. The Morgan fingerprint density at radius 1 is 1.04 bits per heavy atom. The fourth-order valence-corrected chi connectivity index (χ4v) is 6.66. The zero-order chi connectivity index (χ0) is 32.6. The van der Waals surface area contributed by atoms with Crippen LogP contribution in [-0.4, -0.2) is 89.9 Å². The molecule has 13 heteroatoms. The summed E-state index contributed by atoms with van der Waals surface area (Å²) in [5.74, 6) is 0.127. The highest BCUT2D eigenvalue weighted by Gasteiger charge is 2.45. The van der Waals surface area contributed by atoms with Crippen molar-refractivity contribution in [3.05, 3.63) is 59.0 Å². The average molecular weight is 646 g/mol. The first-order valence-corrected chi connectivity index (χ1v) is 16.0. The number of aliphatic hydroxyl groups is 1. The van der Waals surface area contributed by atoms with Crippen molar-refractivity contribution < 1.29 is 14.6 Å². The quantitative estimate of drug-likeness (QED) is 0.363. The van der Waals surface area contributed by atoms with Gasteiger partial charge in [0.1, 0.15) is 5.71 Å². The van der Waals surface area contributed by atoms with Gasteiger partial charge in [-0.2, -0.15) is 0 Å². The highest BCUT2D eigenvalue weighted by molar-refractivity contribution is 6.46. The number of hydrogen-bond acceptors (Lipinski definition) is 11. The van der Waals surface area contributed by atoms with Crippen LogP contribution in [0.5, 0.6) is 6.01 Å². The molecule has 6 rings (SSSR count). The number of ether oxygens (including phenoxy) is 1. The van der Waals surface area contributed by atoms with Gasteiger partial charge in [0.15, 0.2) is 0 Å². The number of amides is 1. The largest absolute Gasteiger partial charge is 0.467 e. The van der Waals surface area contributed by atoms with Crippen molar-refractivity contribution in [1.82, 2.24) is 34.8 Å². The molecule has 3 aliphatic rings. The van der Waals surface area contributed by atoms with Crippen LogP contribution in [0.4, 0.5) is 5.95 Å². The molecule has 2 aliphatic heterocycles. The number of carbonyl (C=O) groups is 1. The third kappa shape index (κ3) is 6.73. The molecule has 0 aromatic carbocycles. The molecular formula is C33H40ClN9O3. The van der Waals surface area contributed by atoms with Crippen LogP contribution in [0.1, 0.15) is 76.2 Å². The molecule has 5 heterocycles. The molecule has 12 nitrogen and oxygen atoms in total. The maximum Gasteiger partial charge on any atom is 0.316 e. The van der Waals surface area contributed by atoms with E-state index in [1.807, 2.05) is 12.3 Å². The summed E-state index contributed by atoms with van der Waals surface area (Å²) < 4.78 is 5.05. The van der Waals surface area contributed by atoms with Crippen LogP contribution >= 0.6 is 11.6 Å². The van der Waals surface area contributed by atoms with Crippen molar-refractivity contribution in [3.8, 4) is 17.3 Å². The zero-order valence-corrected chi connectivity index (χ0v) is 27.6. The van der Waals surface area contributed by atoms with Gasteiger partial charge in [-0.15, -0.1) is 0 Å². The van der Waals surface area contributed by atoms with Gasteiger partial charge < -0.3 is 20.1 Å². The van der Waals surface area contributed by atoms with E-state index in [0.29, 0.717) is 53.3 Å². The Morgan fingerprint density at radius 2 is 1.76 bits per heavy atom. The summed E-state index contributed by atoms with van der Waals surface area (Å²) in [6, 6.07) is 0.415. The lowest BCUT2D eigenvalue weighted by molar-refractivity contribution is -0.155. The molecule has 1 aliphatic carbocycles. The van der Waals surface area contributed by atoms with Crippen molar-refractivity contribution in [3.63, 3.8) is 0 Å². The van der Waals surface area contributed by atoms with E-state index in [1.165, 1.54) is 7.11 Å². The summed E-state index contributed by atoms with van der Waals surface area (Å²) in [4.78, 5) is 47.4. The van der Waals surface area contributed by atoms with E-state index in [0.717, 1.165) is 36.9 Å². The van der Waals surface area contributed by atoms with E-state index in [9.17, 15) is 9.90 Å². The number of anilines is 1. The topological polar surface area (TPSA) is 152 Å². The molecule has 3 aromatic rings. The minimum Gasteiger partial charge on any atom is -0.467 e. The predicted molar refractivity (Wildman–Crippen MR) is 175 cm³/mol. The number of allylic oxidation sites excluding steroid dienone is 1. The van der Waals surface area contributed by atoms with E-state index in [4.69, 9.17) is 26.3 Å². The van der Waals surface area contributed by atoms with Gasteiger partial charge in [0, 0.05) is 42.0 Å². The molecule has 242 valence electrons. The molecule has 1 atom stereocenters. The average Bonchev–Trinajstić information content (AvgIpc) is 3.46. The van der Waals surface area contributed by atoms with Crippen molar-refractivity contribution in [2.75, 3.05) is 32.1 Å². The smallest absolute Gasteiger partial charge is 0.316 e. The van der Waals surface area contributed by atoms with E-state index in [1.54, 1.807) is 36.6 Å². The Hall–Kier alpha value is -4.03. The number of hydrogen-bond donors (Lipinski definition) is 2. The molecule has 0 radical (unpaired) electrons. The summed E-state index contributed by atoms with van der Waals surface area (Å²) in [5, 5.41) is 14.5. The predicted octanol–water partition coefficient (Wildman–Crippen LogP) is 4.30. The van der Waals surface area contributed by atoms with Crippen LogP contribution < -0.4 is 10.1 Å². The lowest BCUT2D eigenvalue weighted by atomic mass is 9.75. The first-order valence-electron chi connectivity index (χ1n) is 15.7. The first-order chi connectivity index (χ1) is 21.9. The Bertz CT molecular complexity index is 1640. The molecule has 1 amide bonds. The Kier molecular flexibility index (Phi) is 8.77. The van der Waals surface area contributed by atoms with Crippen molar-refractivity contribution in [1.29, 1.82) is 0 Å². The van der Waals surface area contributed by atoms with Crippen LogP contribution in [0.25, 0.3) is 11.3 Å². The molecule has 3 aromatic heterocycles. The molecule has 1 saturated carbocycles. The normalized spacial score (nSPS) is 21.6. The number of methoxy groups -OCH3 is 1. The minimum absolute atomic E-state index is 0.0224. The highest BCUT2D eigenvalue weighted by atomic mass is 35.5. The van der Waals surface area contributed by atoms with Crippen LogP contribution in [0.15, 0.2) is 47.1 Å². The van der Waals surface area contributed by atoms with E-state index >= 15 is 0 Å². The fraction of sp³-hybridized carbons (Fsp3) is 0.515. The van der Waals surface area contributed by atoms with Crippen LogP contribution in [0.2, 0.25) is 0 Å². The lowest BCUT2D eigenvalue weighted by Gasteiger charge is -2.46. The summed E-state index contributed by atoms with van der Waals surface area (Å²) in [6.45, 7) is 9.29. The molecule has 0 bridgehead atoms. The van der Waals surface area contributed by atoms with Crippen LogP contribution in [0.3, 0.4) is 0 Å². The van der Waals surface area contributed by atoms with Gasteiger partial charge >= 0.3 is 6.01 Å². The van der Waals surface area contributed by atoms with Crippen molar-refractivity contribution in [2.24, 2.45) is 10.9 Å². The third-order valence-corrected chi connectivity index (χ3v) is 9.21. The lowest BCUT2D eigenvalue weighted by Crippen LogP contribution is -2.63. The number of rotatable bonds is 8. The second-order valence-electron chi connectivity index (χ2n) is 13.7. The number of nitrogens with zero attached hydrogens (tertiary/aromatic N) is 8.